The number of ether oxygens (including phenoxy) is 1. The average Bonchev–Trinajstić information content (AvgIpc) is 3.15. The Balaban J connectivity index is 1.61. The van der Waals surface area contributed by atoms with Crippen molar-refractivity contribution in [1.29, 1.82) is 0 Å². The summed E-state index contributed by atoms with van der Waals surface area (Å²) in [7, 11) is 2.07. The first-order valence-corrected chi connectivity index (χ1v) is 9.58. The number of carbonyl (C=O) groups excluding carboxylic acids is 2. The summed E-state index contributed by atoms with van der Waals surface area (Å²) in [4.78, 5) is 30.9. The Labute approximate surface area is 151 Å². The molecule has 0 bridgehead atoms. The van der Waals surface area contributed by atoms with Gasteiger partial charge in [0, 0.05) is 39.2 Å². The van der Waals surface area contributed by atoms with Crippen molar-refractivity contribution in [1.82, 2.24) is 20.0 Å². The fourth-order valence-electron chi connectivity index (χ4n) is 3.18. The standard InChI is InChI=1S/C16H25N5O3S/c1-3-24-11-13-17-18-16(25-13)21-10-12(9-14(21)22)15(23)20-6-4-5-19(2)7-8-20/h12H,3-11H2,1-2H3. The van der Waals surface area contributed by atoms with Gasteiger partial charge in [-0.3, -0.25) is 14.5 Å². The van der Waals surface area contributed by atoms with E-state index in [1.54, 1.807) is 4.90 Å². The molecule has 1 aromatic rings. The summed E-state index contributed by atoms with van der Waals surface area (Å²) < 4.78 is 5.32. The first-order chi connectivity index (χ1) is 12.1. The predicted octanol–water partition coefficient (Wildman–Crippen LogP) is 0.592. The molecule has 2 fully saturated rings. The van der Waals surface area contributed by atoms with Gasteiger partial charge in [-0.25, -0.2) is 0 Å². The van der Waals surface area contributed by atoms with Gasteiger partial charge in [0.15, 0.2) is 0 Å². The maximum absolute atomic E-state index is 12.8. The van der Waals surface area contributed by atoms with Crippen LogP contribution in [0.4, 0.5) is 5.13 Å². The maximum Gasteiger partial charge on any atom is 0.229 e. The molecule has 2 saturated heterocycles. The highest BCUT2D eigenvalue weighted by Crippen LogP contribution is 2.29. The van der Waals surface area contributed by atoms with Crippen molar-refractivity contribution in [3.63, 3.8) is 0 Å². The number of rotatable bonds is 5. The molecule has 1 atom stereocenters. The number of aromatic nitrogens is 2. The molecule has 2 aliphatic heterocycles. The van der Waals surface area contributed by atoms with E-state index in [4.69, 9.17) is 4.74 Å². The number of hydrogen-bond acceptors (Lipinski definition) is 7. The van der Waals surface area contributed by atoms with Crippen LogP contribution >= 0.6 is 11.3 Å². The summed E-state index contributed by atoms with van der Waals surface area (Å²) >= 11 is 1.35. The van der Waals surface area contributed by atoms with Gasteiger partial charge in [0.25, 0.3) is 0 Å². The van der Waals surface area contributed by atoms with Gasteiger partial charge in [-0.15, -0.1) is 10.2 Å². The average molecular weight is 367 g/mol. The van der Waals surface area contributed by atoms with E-state index in [-0.39, 0.29) is 24.2 Å². The summed E-state index contributed by atoms with van der Waals surface area (Å²) in [6, 6.07) is 0. The zero-order valence-electron chi connectivity index (χ0n) is 14.8. The quantitative estimate of drug-likeness (QED) is 0.758. The van der Waals surface area contributed by atoms with E-state index in [0.717, 1.165) is 37.6 Å². The summed E-state index contributed by atoms with van der Waals surface area (Å²) in [6.45, 7) is 6.72. The molecule has 0 aliphatic carbocycles. The van der Waals surface area contributed by atoms with Crippen molar-refractivity contribution in [3.05, 3.63) is 5.01 Å². The second-order valence-corrected chi connectivity index (χ2v) is 7.54. The van der Waals surface area contributed by atoms with Crippen LogP contribution in [-0.2, 0) is 20.9 Å². The number of carbonyl (C=O) groups is 2. The van der Waals surface area contributed by atoms with Crippen LogP contribution < -0.4 is 4.90 Å². The van der Waals surface area contributed by atoms with Crippen LogP contribution in [0.2, 0.25) is 0 Å². The van der Waals surface area contributed by atoms with E-state index < -0.39 is 0 Å². The molecule has 3 rings (SSSR count). The number of amides is 2. The van der Waals surface area contributed by atoms with Crippen LogP contribution in [-0.4, -0.2) is 78.2 Å². The van der Waals surface area contributed by atoms with Crippen LogP contribution in [0, 0.1) is 5.92 Å². The second kappa shape index (κ2) is 8.20. The molecule has 1 aromatic heterocycles. The minimum atomic E-state index is -0.282. The summed E-state index contributed by atoms with van der Waals surface area (Å²) in [5, 5.41) is 9.46. The fraction of sp³-hybridized carbons (Fsp3) is 0.750. The topological polar surface area (TPSA) is 78.9 Å². The fourth-order valence-corrected chi connectivity index (χ4v) is 3.99. The minimum absolute atomic E-state index is 0.0515. The van der Waals surface area contributed by atoms with Gasteiger partial charge in [0.05, 0.1) is 5.92 Å². The third kappa shape index (κ3) is 4.34. The molecule has 0 radical (unpaired) electrons. The molecule has 0 N–H and O–H groups in total. The van der Waals surface area contributed by atoms with Crippen LogP contribution in [0.25, 0.3) is 0 Å². The van der Waals surface area contributed by atoms with E-state index in [2.05, 4.69) is 22.1 Å². The SMILES string of the molecule is CCOCc1nnc(N2CC(C(=O)N3CCCN(C)CC3)CC2=O)s1. The van der Waals surface area contributed by atoms with Crippen molar-refractivity contribution < 1.29 is 14.3 Å². The summed E-state index contributed by atoms with van der Waals surface area (Å²) in [6.07, 6.45) is 1.23. The molecule has 1 unspecified atom stereocenters. The van der Waals surface area contributed by atoms with Crippen molar-refractivity contribution >= 4 is 28.3 Å². The summed E-state index contributed by atoms with van der Waals surface area (Å²) in [5.74, 6) is -0.246. The Hall–Kier alpha value is -1.58. The lowest BCUT2D eigenvalue weighted by Crippen LogP contribution is -2.39. The van der Waals surface area contributed by atoms with Crippen molar-refractivity contribution in [2.24, 2.45) is 5.92 Å². The zero-order valence-corrected chi connectivity index (χ0v) is 15.6. The smallest absolute Gasteiger partial charge is 0.229 e. The highest BCUT2D eigenvalue weighted by atomic mass is 32.1. The molecular formula is C16H25N5O3S. The largest absolute Gasteiger partial charge is 0.374 e. The van der Waals surface area contributed by atoms with Crippen LogP contribution in [0.15, 0.2) is 0 Å². The maximum atomic E-state index is 12.8. The van der Waals surface area contributed by atoms with Gasteiger partial charge < -0.3 is 14.5 Å². The third-order valence-electron chi connectivity index (χ3n) is 4.62. The van der Waals surface area contributed by atoms with E-state index in [1.807, 2.05) is 11.8 Å². The van der Waals surface area contributed by atoms with Gasteiger partial charge in [-0.2, -0.15) is 0 Å². The Morgan fingerprint density at radius 2 is 2.12 bits per heavy atom. The normalized spacial score (nSPS) is 22.5. The van der Waals surface area contributed by atoms with E-state index in [9.17, 15) is 9.59 Å². The van der Waals surface area contributed by atoms with Crippen LogP contribution in [0.5, 0.6) is 0 Å². The van der Waals surface area contributed by atoms with E-state index >= 15 is 0 Å². The Kier molecular flexibility index (Phi) is 5.98. The number of nitrogens with zero attached hydrogens (tertiary/aromatic N) is 5. The molecule has 25 heavy (non-hydrogen) atoms. The lowest BCUT2D eigenvalue weighted by atomic mass is 10.1. The monoisotopic (exact) mass is 367 g/mol. The Bertz CT molecular complexity index is 623. The molecule has 0 spiro atoms. The van der Waals surface area contributed by atoms with Gasteiger partial charge >= 0.3 is 0 Å². The molecular weight excluding hydrogens is 342 g/mol. The second-order valence-electron chi connectivity index (χ2n) is 6.50. The highest BCUT2D eigenvalue weighted by molar-refractivity contribution is 7.15. The van der Waals surface area contributed by atoms with Crippen LogP contribution in [0.1, 0.15) is 24.8 Å². The van der Waals surface area contributed by atoms with Crippen molar-refractivity contribution in [2.75, 3.05) is 51.3 Å². The number of likely N-dealkylation sites (N-methyl/N-ethyl adjacent to an activating group) is 1. The molecule has 0 saturated carbocycles. The predicted molar refractivity (Wildman–Crippen MR) is 94.4 cm³/mol. The zero-order chi connectivity index (χ0) is 17.8. The molecule has 2 aliphatic rings. The minimum Gasteiger partial charge on any atom is -0.374 e. The lowest BCUT2D eigenvalue weighted by Gasteiger charge is -2.23. The first-order valence-electron chi connectivity index (χ1n) is 8.76. The van der Waals surface area contributed by atoms with Gasteiger partial charge in [-0.05, 0) is 26.9 Å². The number of hydrogen-bond donors (Lipinski definition) is 0. The van der Waals surface area contributed by atoms with Crippen LogP contribution in [0.3, 0.4) is 0 Å². The van der Waals surface area contributed by atoms with Gasteiger partial charge in [0.1, 0.15) is 11.6 Å². The molecule has 0 aromatic carbocycles. The molecule has 2 amide bonds. The van der Waals surface area contributed by atoms with Gasteiger partial charge in [0.2, 0.25) is 16.9 Å². The van der Waals surface area contributed by atoms with Crippen molar-refractivity contribution in [3.8, 4) is 0 Å². The molecule has 8 nitrogen and oxygen atoms in total. The Morgan fingerprint density at radius 1 is 1.28 bits per heavy atom. The molecule has 9 heteroatoms. The molecule has 138 valence electrons. The molecule has 3 heterocycles. The third-order valence-corrected chi connectivity index (χ3v) is 5.54. The van der Waals surface area contributed by atoms with E-state index in [0.29, 0.717) is 24.9 Å². The summed E-state index contributed by atoms with van der Waals surface area (Å²) in [5.41, 5.74) is 0. The first kappa shape index (κ1) is 18.2. The van der Waals surface area contributed by atoms with Gasteiger partial charge in [-0.1, -0.05) is 11.3 Å². The van der Waals surface area contributed by atoms with E-state index in [1.165, 1.54) is 11.3 Å². The van der Waals surface area contributed by atoms with Crippen molar-refractivity contribution in [2.45, 2.75) is 26.4 Å². The number of anilines is 1. The Morgan fingerprint density at radius 3 is 2.92 bits per heavy atom. The highest BCUT2D eigenvalue weighted by Gasteiger charge is 2.38. The lowest BCUT2D eigenvalue weighted by molar-refractivity contribution is -0.135.